The number of allylic oxidation sites excluding steroid dienone is 19. The van der Waals surface area contributed by atoms with E-state index in [9.17, 15) is 19.4 Å². The molecule has 0 aromatic heterocycles. The monoisotopic (exact) mass is 896 g/mol. The van der Waals surface area contributed by atoms with Crippen LogP contribution in [0.1, 0.15) is 162 Å². The third kappa shape index (κ3) is 46.7. The molecule has 0 aliphatic heterocycles. The maximum Gasteiger partial charge on any atom is 0.472 e. The quantitative estimate of drug-likeness (QED) is 0.0244. The van der Waals surface area contributed by atoms with Crippen molar-refractivity contribution in [1.29, 1.82) is 0 Å². The molecular weight excluding hydrogens is 804 g/mol. The third-order valence-corrected chi connectivity index (χ3v) is 10.9. The number of nitrogens with zero attached hydrogens (tertiary/aromatic N) is 1. The van der Waals surface area contributed by atoms with Crippen LogP contribution in [0.25, 0.3) is 0 Å². The van der Waals surface area contributed by atoms with Crippen LogP contribution < -0.4 is 5.32 Å². The molecular formula is C54H92N2O6P+. The molecule has 0 heterocycles. The second kappa shape index (κ2) is 44.1. The zero-order valence-corrected chi connectivity index (χ0v) is 41.4. The van der Waals surface area contributed by atoms with Gasteiger partial charge in [0.25, 0.3) is 0 Å². The molecule has 0 bridgehead atoms. The Kier molecular flexibility index (Phi) is 41.9. The number of carbonyl (C=O) groups is 1. The number of nitrogens with one attached hydrogen (secondary N) is 1. The highest BCUT2D eigenvalue weighted by Gasteiger charge is 2.27. The molecule has 3 unspecified atom stereocenters. The fraction of sp³-hybridized carbons (Fsp3) is 0.611. The van der Waals surface area contributed by atoms with Crippen LogP contribution in [-0.4, -0.2) is 73.4 Å². The van der Waals surface area contributed by atoms with Gasteiger partial charge in [0.05, 0.1) is 39.9 Å². The molecule has 0 fully saturated rings. The van der Waals surface area contributed by atoms with E-state index in [1.165, 1.54) is 44.9 Å². The summed E-state index contributed by atoms with van der Waals surface area (Å²) in [5.74, 6) is -0.230. The summed E-state index contributed by atoms with van der Waals surface area (Å²) >= 11 is 0. The number of phosphoric acid groups is 1. The van der Waals surface area contributed by atoms with E-state index in [2.05, 4.69) is 129 Å². The van der Waals surface area contributed by atoms with Gasteiger partial charge in [-0.3, -0.25) is 13.8 Å². The van der Waals surface area contributed by atoms with Gasteiger partial charge < -0.3 is 19.8 Å². The van der Waals surface area contributed by atoms with Crippen molar-refractivity contribution < 1.29 is 32.9 Å². The van der Waals surface area contributed by atoms with Crippen molar-refractivity contribution in [2.75, 3.05) is 40.9 Å². The Labute approximate surface area is 386 Å². The highest BCUT2D eigenvalue weighted by molar-refractivity contribution is 7.47. The number of amides is 1. The predicted molar refractivity (Wildman–Crippen MR) is 272 cm³/mol. The molecule has 0 aliphatic rings. The number of phosphoric ester groups is 1. The molecule has 0 radical (unpaired) electrons. The van der Waals surface area contributed by atoms with E-state index >= 15 is 0 Å². The van der Waals surface area contributed by atoms with Gasteiger partial charge in [-0.1, -0.05) is 174 Å². The second-order valence-electron chi connectivity index (χ2n) is 17.1. The van der Waals surface area contributed by atoms with E-state index in [-0.39, 0.29) is 19.1 Å². The summed E-state index contributed by atoms with van der Waals surface area (Å²) in [6.07, 6.45) is 65.6. The molecule has 0 spiro atoms. The predicted octanol–water partition coefficient (Wildman–Crippen LogP) is 14.2. The van der Waals surface area contributed by atoms with Gasteiger partial charge in [0.2, 0.25) is 5.91 Å². The first-order valence-corrected chi connectivity index (χ1v) is 25.9. The van der Waals surface area contributed by atoms with Gasteiger partial charge >= 0.3 is 7.82 Å². The molecule has 358 valence electrons. The van der Waals surface area contributed by atoms with Crippen LogP contribution in [0.15, 0.2) is 122 Å². The highest BCUT2D eigenvalue weighted by atomic mass is 31.2. The first kappa shape index (κ1) is 59.9. The first-order valence-electron chi connectivity index (χ1n) is 24.4. The molecule has 0 aromatic rings. The number of likely N-dealkylation sites (N-methyl/N-ethyl adjacent to an activating group) is 1. The third-order valence-electron chi connectivity index (χ3n) is 9.89. The number of quaternary nitrogens is 1. The van der Waals surface area contributed by atoms with Crippen molar-refractivity contribution in [3.05, 3.63) is 122 Å². The molecule has 63 heavy (non-hydrogen) atoms. The summed E-state index contributed by atoms with van der Waals surface area (Å²) in [7, 11) is 1.50. The lowest BCUT2D eigenvalue weighted by atomic mass is 10.1. The van der Waals surface area contributed by atoms with Crippen molar-refractivity contribution in [3.8, 4) is 0 Å². The first-order chi connectivity index (χ1) is 30.5. The van der Waals surface area contributed by atoms with Gasteiger partial charge in [-0.25, -0.2) is 4.57 Å². The lowest BCUT2D eigenvalue weighted by Crippen LogP contribution is -2.45. The maximum atomic E-state index is 12.9. The molecule has 0 aliphatic carbocycles. The number of hydrogen-bond acceptors (Lipinski definition) is 5. The van der Waals surface area contributed by atoms with Crippen molar-refractivity contribution in [3.63, 3.8) is 0 Å². The molecule has 0 rings (SSSR count). The van der Waals surface area contributed by atoms with E-state index in [0.29, 0.717) is 23.9 Å². The summed E-state index contributed by atoms with van der Waals surface area (Å²) < 4.78 is 23.6. The van der Waals surface area contributed by atoms with Gasteiger partial charge in [-0.15, -0.1) is 0 Å². The Hall–Kier alpha value is -3.10. The van der Waals surface area contributed by atoms with E-state index in [4.69, 9.17) is 9.05 Å². The fourth-order valence-corrected chi connectivity index (χ4v) is 6.79. The summed E-state index contributed by atoms with van der Waals surface area (Å²) in [6.45, 7) is 4.60. The zero-order valence-electron chi connectivity index (χ0n) is 40.5. The standard InChI is InChI=1S/C54H91N2O6P/c1-6-8-10-12-14-16-18-20-22-24-25-26-27-28-29-30-31-32-34-36-38-40-42-44-46-48-54(58)55-52(51-62-63(59,60)61-50-49-56(3,4)5)53(57)47-45-43-41-39-37-35-33-23-21-19-17-15-13-11-9-7-2/h8,10,14,16,20-23,25-26,28-29,31-32,36-39,45,47,52-53,57H,6-7,9,11-13,15,17-19,24,27,30,33-35,40-44,46,48-51H2,1-5H3,(H-,55,58,59,60)/p+1/b10-8-,16-14-,22-20-,23-21+,26-25-,29-28-,32-31-,38-36-,39-37+,47-45+. The van der Waals surface area contributed by atoms with Crippen LogP contribution in [0, 0.1) is 0 Å². The van der Waals surface area contributed by atoms with Crippen molar-refractivity contribution in [2.24, 2.45) is 0 Å². The Bertz CT molecular complexity index is 1430. The van der Waals surface area contributed by atoms with E-state index < -0.39 is 20.0 Å². The molecule has 3 atom stereocenters. The van der Waals surface area contributed by atoms with Crippen molar-refractivity contribution in [1.82, 2.24) is 5.32 Å². The molecule has 3 N–H and O–H groups in total. The zero-order chi connectivity index (χ0) is 46.4. The number of hydrogen-bond donors (Lipinski definition) is 3. The Morgan fingerprint density at radius 2 is 0.968 bits per heavy atom. The van der Waals surface area contributed by atoms with E-state index in [1.807, 2.05) is 27.2 Å². The van der Waals surface area contributed by atoms with E-state index in [1.54, 1.807) is 6.08 Å². The van der Waals surface area contributed by atoms with Gasteiger partial charge in [0.1, 0.15) is 13.2 Å². The van der Waals surface area contributed by atoms with Crippen LogP contribution in [0.4, 0.5) is 0 Å². The van der Waals surface area contributed by atoms with Crippen molar-refractivity contribution >= 4 is 13.7 Å². The fourth-order valence-electron chi connectivity index (χ4n) is 6.05. The van der Waals surface area contributed by atoms with Crippen molar-refractivity contribution in [2.45, 2.75) is 174 Å². The van der Waals surface area contributed by atoms with Crippen LogP contribution in [-0.2, 0) is 18.4 Å². The largest absolute Gasteiger partial charge is 0.472 e. The topological polar surface area (TPSA) is 105 Å². The number of aliphatic hydroxyl groups is 1. The Balaban J connectivity index is 4.51. The summed E-state index contributed by atoms with van der Waals surface area (Å²) in [6, 6.07) is -0.896. The lowest BCUT2D eigenvalue weighted by Gasteiger charge is -2.25. The summed E-state index contributed by atoms with van der Waals surface area (Å²) in [4.78, 5) is 23.2. The van der Waals surface area contributed by atoms with Crippen LogP contribution in [0.2, 0.25) is 0 Å². The number of unbranched alkanes of at least 4 members (excludes halogenated alkanes) is 11. The Morgan fingerprint density at radius 3 is 1.46 bits per heavy atom. The smallest absolute Gasteiger partial charge is 0.387 e. The average Bonchev–Trinajstić information content (AvgIpc) is 3.24. The van der Waals surface area contributed by atoms with Gasteiger partial charge in [0, 0.05) is 6.42 Å². The number of aliphatic hydroxyl groups excluding tert-OH is 1. The van der Waals surface area contributed by atoms with E-state index in [0.717, 1.165) is 89.9 Å². The maximum absolute atomic E-state index is 12.9. The minimum Gasteiger partial charge on any atom is -0.387 e. The minimum absolute atomic E-state index is 0.0391. The van der Waals surface area contributed by atoms with Gasteiger partial charge in [0.15, 0.2) is 0 Å². The SMILES string of the molecule is CC/C=C\C/C=C\C/C=C\C/C=C\C/C=C\C/C=C\C/C=C\CCCCCC(=O)NC(COP(=O)(O)OCC[N+](C)(C)C)C(O)/C=C/CC/C=C/CC/C=C/CCCCCCCC. The Morgan fingerprint density at radius 1 is 0.556 bits per heavy atom. The highest BCUT2D eigenvalue weighted by Crippen LogP contribution is 2.43. The van der Waals surface area contributed by atoms with Gasteiger partial charge in [-0.2, -0.15) is 0 Å². The lowest BCUT2D eigenvalue weighted by molar-refractivity contribution is -0.870. The minimum atomic E-state index is -4.37. The molecule has 9 heteroatoms. The number of rotatable bonds is 42. The molecule has 0 saturated carbocycles. The van der Waals surface area contributed by atoms with Gasteiger partial charge in [-0.05, 0) is 103 Å². The van der Waals surface area contributed by atoms with Crippen LogP contribution in [0.3, 0.4) is 0 Å². The van der Waals surface area contributed by atoms with Crippen LogP contribution >= 0.6 is 7.82 Å². The molecule has 1 amide bonds. The molecule has 0 saturated heterocycles. The number of carbonyl (C=O) groups excluding carboxylic acids is 1. The molecule has 8 nitrogen and oxygen atoms in total. The molecule has 0 aromatic carbocycles. The normalized spacial score (nSPS) is 15.2. The summed E-state index contributed by atoms with van der Waals surface area (Å²) in [5.41, 5.74) is 0. The summed E-state index contributed by atoms with van der Waals surface area (Å²) in [5, 5.41) is 13.8. The average molecular weight is 896 g/mol. The second-order valence-corrected chi connectivity index (χ2v) is 18.5. The van der Waals surface area contributed by atoms with Crippen LogP contribution in [0.5, 0.6) is 0 Å².